The van der Waals surface area contributed by atoms with Gasteiger partial charge in [0.2, 0.25) is 11.8 Å². The van der Waals surface area contributed by atoms with Crippen LogP contribution in [0, 0.1) is 0 Å². The smallest absolute Gasteiger partial charge is 0.264 e. The molecule has 0 unspecified atom stereocenters. The van der Waals surface area contributed by atoms with Gasteiger partial charge in [0.05, 0.1) is 10.6 Å². The molecule has 0 saturated carbocycles. The van der Waals surface area contributed by atoms with Crippen LogP contribution in [-0.4, -0.2) is 44.8 Å². The Balaban J connectivity index is 1.98. The summed E-state index contributed by atoms with van der Waals surface area (Å²) in [4.78, 5) is 27.5. The average molecular weight is 544 g/mol. The fraction of sp³-hybridized carbons (Fsp3) is 0.200. The molecule has 0 aliphatic carbocycles. The Bertz CT molecular complexity index is 1220. The number of para-hydroxylation sites is 1. The van der Waals surface area contributed by atoms with Gasteiger partial charge in [0.1, 0.15) is 12.6 Å². The van der Waals surface area contributed by atoms with Gasteiger partial charge in [0.25, 0.3) is 10.0 Å². The summed E-state index contributed by atoms with van der Waals surface area (Å²) in [7, 11) is -2.54. The fourth-order valence-electron chi connectivity index (χ4n) is 3.42. The third-order valence-corrected chi connectivity index (χ3v) is 7.65. The predicted octanol–water partition coefficient (Wildman–Crippen LogP) is 3.81. The Morgan fingerprint density at radius 1 is 0.912 bits per heavy atom. The van der Waals surface area contributed by atoms with Crippen molar-refractivity contribution < 1.29 is 18.0 Å². The van der Waals surface area contributed by atoms with Crippen molar-refractivity contribution in [1.29, 1.82) is 0 Å². The van der Waals surface area contributed by atoms with E-state index in [1.165, 1.54) is 24.1 Å². The van der Waals surface area contributed by atoms with Crippen molar-refractivity contribution in [2.75, 3.05) is 17.9 Å². The summed E-state index contributed by atoms with van der Waals surface area (Å²) in [6.07, 6.45) is 0. The van der Waals surface area contributed by atoms with E-state index in [0.29, 0.717) is 5.69 Å². The van der Waals surface area contributed by atoms with E-state index in [1.807, 2.05) is 24.3 Å². The minimum Gasteiger partial charge on any atom is -0.357 e. The summed E-state index contributed by atoms with van der Waals surface area (Å²) >= 11 is 3.39. The number of carbonyl (C=O) groups is 2. The van der Waals surface area contributed by atoms with Gasteiger partial charge in [-0.3, -0.25) is 13.9 Å². The van der Waals surface area contributed by atoms with Crippen molar-refractivity contribution in [2.45, 2.75) is 24.4 Å². The molecule has 0 saturated heterocycles. The highest BCUT2D eigenvalue weighted by molar-refractivity contribution is 9.10. The second-order valence-electron chi connectivity index (χ2n) is 7.60. The lowest BCUT2D eigenvalue weighted by Gasteiger charge is -2.31. The Hall–Kier alpha value is -3.17. The van der Waals surface area contributed by atoms with Crippen LogP contribution < -0.4 is 9.62 Å². The van der Waals surface area contributed by atoms with E-state index in [4.69, 9.17) is 0 Å². The van der Waals surface area contributed by atoms with Crippen molar-refractivity contribution >= 4 is 43.5 Å². The normalized spacial score (nSPS) is 12.0. The maximum Gasteiger partial charge on any atom is 0.264 e. The molecule has 3 rings (SSSR count). The van der Waals surface area contributed by atoms with Crippen molar-refractivity contribution in [3.63, 3.8) is 0 Å². The number of likely N-dealkylation sites (N-methyl/N-ethyl adjacent to an activating group) is 1. The molecule has 1 atom stereocenters. The van der Waals surface area contributed by atoms with Crippen LogP contribution in [-0.2, 0) is 26.2 Å². The number of halogens is 1. The number of anilines is 1. The molecular weight excluding hydrogens is 518 g/mol. The molecule has 0 aliphatic rings. The molecule has 34 heavy (non-hydrogen) atoms. The molecule has 0 fully saturated rings. The van der Waals surface area contributed by atoms with E-state index in [1.54, 1.807) is 55.5 Å². The Labute approximate surface area is 208 Å². The lowest BCUT2D eigenvalue weighted by Crippen LogP contribution is -2.50. The third-order valence-electron chi connectivity index (χ3n) is 5.33. The highest BCUT2D eigenvalue weighted by Gasteiger charge is 2.32. The van der Waals surface area contributed by atoms with Crippen LogP contribution in [0.15, 0.2) is 94.3 Å². The molecule has 0 heterocycles. The molecule has 0 radical (unpaired) electrons. The SMILES string of the molecule is CNC(=O)[C@H](C)N(Cc1ccc(Br)cc1)C(=O)CN(c1ccccc1)S(=O)(=O)c1ccccc1. The Morgan fingerprint density at radius 2 is 1.47 bits per heavy atom. The lowest BCUT2D eigenvalue weighted by atomic mass is 10.1. The topological polar surface area (TPSA) is 86.8 Å². The summed E-state index contributed by atoms with van der Waals surface area (Å²) in [6, 6.07) is 23.0. The van der Waals surface area contributed by atoms with Gasteiger partial charge < -0.3 is 10.2 Å². The zero-order valence-electron chi connectivity index (χ0n) is 18.9. The second-order valence-corrected chi connectivity index (χ2v) is 10.4. The van der Waals surface area contributed by atoms with Gasteiger partial charge in [-0.2, -0.15) is 0 Å². The molecule has 3 aromatic rings. The van der Waals surface area contributed by atoms with Crippen LogP contribution in [0.3, 0.4) is 0 Å². The van der Waals surface area contributed by atoms with Gasteiger partial charge in [0.15, 0.2) is 0 Å². The molecule has 178 valence electrons. The largest absolute Gasteiger partial charge is 0.357 e. The van der Waals surface area contributed by atoms with Crippen LogP contribution in [0.5, 0.6) is 0 Å². The van der Waals surface area contributed by atoms with Gasteiger partial charge in [-0.05, 0) is 48.9 Å². The number of rotatable bonds is 9. The molecule has 3 aromatic carbocycles. The minimum atomic E-state index is -4.03. The first kappa shape index (κ1) is 25.5. The van der Waals surface area contributed by atoms with Crippen LogP contribution in [0.2, 0.25) is 0 Å². The fourth-order valence-corrected chi connectivity index (χ4v) is 5.12. The van der Waals surface area contributed by atoms with Gasteiger partial charge in [-0.15, -0.1) is 0 Å². The number of hydrogen-bond acceptors (Lipinski definition) is 4. The van der Waals surface area contributed by atoms with E-state index < -0.39 is 28.5 Å². The van der Waals surface area contributed by atoms with Crippen molar-refractivity contribution in [1.82, 2.24) is 10.2 Å². The molecular formula is C25H26BrN3O4S. The van der Waals surface area contributed by atoms with E-state index in [0.717, 1.165) is 14.3 Å². The van der Waals surface area contributed by atoms with E-state index >= 15 is 0 Å². The first-order valence-corrected chi connectivity index (χ1v) is 12.9. The first-order valence-electron chi connectivity index (χ1n) is 10.6. The molecule has 1 N–H and O–H groups in total. The summed E-state index contributed by atoms with van der Waals surface area (Å²) in [5.74, 6) is -0.843. The van der Waals surface area contributed by atoms with Gasteiger partial charge in [0, 0.05) is 18.1 Å². The van der Waals surface area contributed by atoms with Crippen molar-refractivity contribution in [3.05, 3.63) is 95.0 Å². The molecule has 0 aromatic heterocycles. The van der Waals surface area contributed by atoms with Gasteiger partial charge in [-0.1, -0.05) is 64.5 Å². The molecule has 7 nitrogen and oxygen atoms in total. The maximum atomic E-state index is 13.6. The molecule has 2 amide bonds. The monoisotopic (exact) mass is 543 g/mol. The molecule has 0 aliphatic heterocycles. The van der Waals surface area contributed by atoms with Crippen molar-refractivity contribution in [3.8, 4) is 0 Å². The van der Waals surface area contributed by atoms with Crippen LogP contribution in [0.1, 0.15) is 12.5 Å². The highest BCUT2D eigenvalue weighted by atomic mass is 79.9. The molecule has 0 bridgehead atoms. The summed E-state index contributed by atoms with van der Waals surface area (Å²) in [5, 5.41) is 2.56. The number of nitrogens with one attached hydrogen (secondary N) is 1. The van der Waals surface area contributed by atoms with Crippen molar-refractivity contribution in [2.24, 2.45) is 0 Å². The summed E-state index contributed by atoms with van der Waals surface area (Å²) in [5.41, 5.74) is 1.17. The lowest BCUT2D eigenvalue weighted by molar-refractivity contribution is -0.139. The second kappa shape index (κ2) is 11.3. The summed E-state index contributed by atoms with van der Waals surface area (Å²) in [6.45, 7) is 1.31. The number of carbonyl (C=O) groups excluding carboxylic acids is 2. The van der Waals surface area contributed by atoms with E-state index in [-0.39, 0.29) is 17.3 Å². The summed E-state index contributed by atoms with van der Waals surface area (Å²) < 4.78 is 29.0. The number of nitrogens with zero attached hydrogens (tertiary/aromatic N) is 2. The number of sulfonamides is 1. The van der Waals surface area contributed by atoms with Crippen LogP contribution >= 0.6 is 15.9 Å². The highest BCUT2D eigenvalue weighted by Crippen LogP contribution is 2.24. The Kier molecular flexibility index (Phi) is 8.46. The zero-order valence-corrected chi connectivity index (χ0v) is 21.3. The van der Waals surface area contributed by atoms with Gasteiger partial charge in [-0.25, -0.2) is 8.42 Å². The quantitative estimate of drug-likeness (QED) is 0.444. The number of hydrogen-bond donors (Lipinski definition) is 1. The van der Waals surface area contributed by atoms with Crippen LogP contribution in [0.4, 0.5) is 5.69 Å². The number of amides is 2. The van der Waals surface area contributed by atoms with E-state index in [9.17, 15) is 18.0 Å². The first-order chi connectivity index (χ1) is 16.2. The van der Waals surface area contributed by atoms with Gasteiger partial charge >= 0.3 is 0 Å². The third kappa shape index (κ3) is 6.03. The molecule has 0 spiro atoms. The minimum absolute atomic E-state index is 0.0745. The Morgan fingerprint density at radius 3 is 2.03 bits per heavy atom. The predicted molar refractivity (Wildman–Crippen MR) is 136 cm³/mol. The maximum absolute atomic E-state index is 13.6. The van der Waals surface area contributed by atoms with Crippen LogP contribution in [0.25, 0.3) is 0 Å². The zero-order chi connectivity index (χ0) is 24.7. The molecule has 9 heteroatoms. The number of benzene rings is 3. The average Bonchev–Trinajstić information content (AvgIpc) is 2.86. The standard InChI is InChI=1S/C25H26BrN3O4S/c1-19(25(31)27-2)28(17-20-13-15-21(26)16-14-20)24(30)18-29(22-9-5-3-6-10-22)34(32,33)23-11-7-4-8-12-23/h3-16,19H,17-18H2,1-2H3,(H,27,31)/t19-/m0/s1. The van der Waals surface area contributed by atoms with E-state index in [2.05, 4.69) is 21.2 Å².